The Morgan fingerprint density at radius 2 is 1.41 bits per heavy atom. The van der Waals surface area contributed by atoms with Crippen molar-refractivity contribution < 1.29 is 34.6 Å². The van der Waals surface area contributed by atoms with E-state index in [-0.39, 0.29) is 11.8 Å². The third kappa shape index (κ3) is 4.17. The first-order valence-corrected chi connectivity index (χ1v) is 13.0. The van der Waals surface area contributed by atoms with E-state index in [4.69, 9.17) is 4.18 Å². The molecule has 0 heterocycles. The van der Waals surface area contributed by atoms with Crippen molar-refractivity contribution in [1.29, 1.82) is 0 Å². The van der Waals surface area contributed by atoms with Crippen LogP contribution >= 0.6 is 0 Å². The first kappa shape index (κ1) is 21.4. The minimum absolute atomic E-state index is 0.0169. The normalized spacial score (nSPS) is 35.2. The van der Waals surface area contributed by atoms with Gasteiger partial charge in [-0.2, -0.15) is 17.2 Å². The molecule has 0 atom stereocenters. The number of halogens is 2. The average Bonchev–Trinajstić information content (AvgIpc) is 3.09. The van der Waals surface area contributed by atoms with Gasteiger partial charge in [0.2, 0.25) is 0 Å². The van der Waals surface area contributed by atoms with Gasteiger partial charge in [0.25, 0.3) is 0 Å². The zero-order valence-electron chi connectivity index (χ0n) is 15.8. The van der Waals surface area contributed by atoms with E-state index >= 15 is 0 Å². The van der Waals surface area contributed by atoms with E-state index in [1.165, 1.54) is 0 Å². The summed E-state index contributed by atoms with van der Waals surface area (Å²) in [6.45, 7) is 0. The maximum atomic E-state index is 14.3. The van der Waals surface area contributed by atoms with Crippen molar-refractivity contribution in [3.05, 3.63) is 0 Å². The summed E-state index contributed by atoms with van der Waals surface area (Å²) in [5, 5.41) is -2.94. The molecule has 29 heavy (non-hydrogen) atoms. The van der Waals surface area contributed by atoms with E-state index in [1.54, 1.807) is 0 Å². The lowest BCUT2D eigenvalue weighted by molar-refractivity contribution is -0.136. The molecule has 5 saturated carbocycles. The number of amides is 1. The Morgan fingerprint density at radius 1 is 0.897 bits per heavy atom. The largest absolute Gasteiger partial charge is 0.436 e. The predicted octanol–water partition coefficient (Wildman–Crippen LogP) is 1.64. The van der Waals surface area contributed by atoms with E-state index in [0.717, 1.165) is 49.1 Å². The molecule has 0 aromatic carbocycles. The van der Waals surface area contributed by atoms with Gasteiger partial charge in [-0.05, 0) is 68.6 Å². The van der Waals surface area contributed by atoms with Gasteiger partial charge in [0.15, 0.2) is 0 Å². The molecule has 4 bridgehead atoms. The molecule has 5 aliphatic rings. The molecule has 5 aliphatic carbocycles. The minimum Gasteiger partial charge on any atom is -0.347 e. The average molecular weight is 457 g/mol. The Balaban J connectivity index is 1.43. The van der Waals surface area contributed by atoms with Crippen LogP contribution in [0, 0.1) is 23.7 Å². The Labute approximate surface area is 169 Å². The van der Waals surface area contributed by atoms with Crippen LogP contribution in [0.2, 0.25) is 0 Å². The maximum absolute atomic E-state index is 14.3. The monoisotopic (exact) mass is 456 g/mol. The van der Waals surface area contributed by atoms with Crippen molar-refractivity contribution in [2.75, 3.05) is 0 Å². The minimum atomic E-state index is -5.84. The summed E-state index contributed by atoms with van der Waals surface area (Å²) in [4.78, 5) is 11.8. The first-order chi connectivity index (χ1) is 13.5. The molecule has 2 N–H and O–H groups in total. The molecule has 0 radical (unpaired) electrons. The van der Waals surface area contributed by atoms with Crippen molar-refractivity contribution in [1.82, 2.24) is 9.44 Å². The molecule has 166 valence electrons. The van der Waals surface area contributed by atoms with Crippen LogP contribution in [0.3, 0.4) is 0 Å². The molecule has 0 unspecified atom stereocenters. The van der Waals surface area contributed by atoms with Gasteiger partial charge >= 0.3 is 31.5 Å². The number of carbonyl (C=O) groups is 1. The Bertz CT molecular complexity index is 842. The lowest BCUT2D eigenvalue weighted by Gasteiger charge is -2.53. The van der Waals surface area contributed by atoms with Crippen LogP contribution < -0.4 is 9.44 Å². The van der Waals surface area contributed by atoms with Crippen molar-refractivity contribution >= 4 is 26.2 Å². The van der Waals surface area contributed by atoms with Gasteiger partial charge in [0.1, 0.15) is 0 Å². The second-order valence-electron chi connectivity index (χ2n) is 9.00. The topological polar surface area (TPSA) is 119 Å². The fraction of sp³-hybridized carbons (Fsp3) is 0.941. The zero-order valence-corrected chi connectivity index (χ0v) is 17.5. The molecule has 0 aromatic heterocycles. The van der Waals surface area contributed by atoms with E-state index in [2.05, 4.69) is 0 Å². The summed E-state index contributed by atoms with van der Waals surface area (Å²) >= 11 is 0. The molecular weight excluding hydrogens is 430 g/mol. The van der Waals surface area contributed by atoms with Crippen molar-refractivity contribution in [2.45, 2.75) is 75.2 Å². The second kappa shape index (κ2) is 7.38. The number of hydrogen-bond donors (Lipinski definition) is 2. The van der Waals surface area contributed by atoms with Gasteiger partial charge < -0.3 is 5.32 Å². The molecule has 0 aliphatic heterocycles. The van der Waals surface area contributed by atoms with Gasteiger partial charge in [-0.15, -0.1) is 0 Å². The Hall–Kier alpha value is -0.850. The fourth-order valence-electron chi connectivity index (χ4n) is 5.85. The third-order valence-corrected chi connectivity index (χ3v) is 9.91. The van der Waals surface area contributed by atoms with Crippen molar-refractivity contribution in [3.8, 4) is 0 Å². The molecule has 5 rings (SSSR count). The van der Waals surface area contributed by atoms with Gasteiger partial charge in [-0.25, -0.2) is 8.42 Å². The Morgan fingerprint density at radius 3 is 1.93 bits per heavy atom. The lowest BCUT2D eigenvalue weighted by atomic mass is 9.55. The van der Waals surface area contributed by atoms with Crippen molar-refractivity contribution in [2.24, 2.45) is 23.7 Å². The standard InChI is InChI=1S/C17H26F2N2O6S2/c18-17(19,16(22)20-14-3-1-2-4-14)28(23,24)21-29(25,26)27-15-12-6-10-5-11(8-12)9-13(15)7-10/h10-15,21H,1-9H2,(H,20,22). The summed E-state index contributed by atoms with van der Waals surface area (Å²) < 4.78 is 83.2. The molecule has 0 saturated heterocycles. The summed E-state index contributed by atoms with van der Waals surface area (Å²) in [6, 6.07) is -0.538. The summed E-state index contributed by atoms with van der Waals surface area (Å²) in [5.74, 6) is -1.00. The highest BCUT2D eigenvalue weighted by Crippen LogP contribution is 2.54. The van der Waals surface area contributed by atoms with Crippen LogP contribution in [0.1, 0.15) is 57.8 Å². The molecular formula is C17H26F2N2O6S2. The van der Waals surface area contributed by atoms with Gasteiger partial charge in [0.05, 0.1) is 6.10 Å². The number of hydrogen-bond acceptors (Lipinski definition) is 6. The third-order valence-electron chi connectivity index (χ3n) is 6.88. The molecule has 1 amide bonds. The predicted molar refractivity (Wildman–Crippen MR) is 98.2 cm³/mol. The van der Waals surface area contributed by atoms with E-state index in [0.29, 0.717) is 24.7 Å². The van der Waals surface area contributed by atoms with Crippen LogP contribution in [0.5, 0.6) is 0 Å². The lowest BCUT2D eigenvalue weighted by Crippen LogP contribution is -2.55. The van der Waals surface area contributed by atoms with Gasteiger partial charge in [-0.1, -0.05) is 17.0 Å². The van der Waals surface area contributed by atoms with Crippen LogP contribution in [-0.4, -0.2) is 40.1 Å². The van der Waals surface area contributed by atoms with Crippen LogP contribution in [-0.2, 0) is 29.3 Å². The zero-order chi connectivity index (χ0) is 21.0. The van der Waals surface area contributed by atoms with E-state index in [9.17, 15) is 30.4 Å². The highest BCUT2D eigenvalue weighted by molar-refractivity contribution is 8.03. The van der Waals surface area contributed by atoms with E-state index < -0.39 is 43.6 Å². The van der Waals surface area contributed by atoms with E-state index in [1.807, 2.05) is 5.32 Å². The maximum Gasteiger partial charge on any atom is 0.436 e. The summed E-state index contributed by atoms with van der Waals surface area (Å²) in [7, 11) is -10.9. The summed E-state index contributed by atoms with van der Waals surface area (Å²) in [5.41, 5.74) is 0. The molecule has 12 heteroatoms. The summed E-state index contributed by atoms with van der Waals surface area (Å²) in [6.07, 6.45) is 6.08. The molecule has 8 nitrogen and oxygen atoms in total. The van der Waals surface area contributed by atoms with Gasteiger partial charge in [-0.3, -0.25) is 8.98 Å². The second-order valence-corrected chi connectivity index (χ2v) is 12.3. The fourth-order valence-corrected chi connectivity index (χ4v) is 8.41. The number of nitrogens with one attached hydrogen (secondary N) is 2. The SMILES string of the molecule is O=C(NC1CCCC1)C(F)(F)S(=O)(=O)NS(=O)(=O)OC1C2CC3CC(C2)CC1C3. The first-order valence-electron chi connectivity index (χ1n) is 10.1. The Kier molecular flexibility index (Phi) is 5.44. The number of rotatable bonds is 7. The van der Waals surface area contributed by atoms with Gasteiger partial charge in [0, 0.05) is 6.04 Å². The smallest absolute Gasteiger partial charge is 0.347 e. The molecule has 0 aromatic rings. The van der Waals surface area contributed by atoms with Crippen molar-refractivity contribution in [3.63, 3.8) is 0 Å². The van der Waals surface area contributed by atoms with Crippen LogP contribution in [0.25, 0.3) is 0 Å². The quantitative estimate of drug-likeness (QED) is 0.601. The molecule has 0 spiro atoms. The number of carbonyl (C=O) groups excluding carboxylic acids is 1. The molecule has 5 fully saturated rings. The van der Waals surface area contributed by atoms with Crippen LogP contribution in [0.4, 0.5) is 8.78 Å². The van der Waals surface area contributed by atoms with Crippen LogP contribution in [0.15, 0.2) is 0 Å². The highest BCUT2D eigenvalue weighted by Gasteiger charge is 2.56. The highest BCUT2D eigenvalue weighted by atomic mass is 32.3. The number of sulfonamides is 1. The number of alkyl halides is 2.